The normalized spacial score (nSPS) is 11.6. The second kappa shape index (κ2) is 11.3. The van der Waals surface area contributed by atoms with Crippen LogP contribution in [0, 0.1) is 13.8 Å². The molecule has 5 rings (SSSR count). The molecule has 0 bridgehead atoms. The Morgan fingerprint density at radius 2 is 1.55 bits per heavy atom. The van der Waals surface area contributed by atoms with Crippen LogP contribution in [0.2, 0.25) is 0 Å². The van der Waals surface area contributed by atoms with E-state index in [1.807, 2.05) is 43.3 Å². The predicted molar refractivity (Wildman–Crippen MR) is 154 cm³/mol. The van der Waals surface area contributed by atoms with Crippen molar-refractivity contribution < 1.29 is 23.5 Å². The molecule has 1 atom stereocenters. The first kappa shape index (κ1) is 26.4. The third-order valence-corrected chi connectivity index (χ3v) is 6.58. The number of hydrogen-bond donors (Lipinski definition) is 1. The van der Waals surface area contributed by atoms with Gasteiger partial charge in [0.25, 0.3) is 5.91 Å². The van der Waals surface area contributed by atoms with Gasteiger partial charge in [-0.15, -0.1) is 0 Å². The number of esters is 1. The molecule has 1 amide bonds. The Kier molecular flexibility index (Phi) is 7.46. The minimum atomic E-state index is -1.29. The Balaban J connectivity index is 1.55. The number of para-hydroxylation sites is 1. The molecule has 0 saturated carbocycles. The second-order valence-corrected chi connectivity index (χ2v) is 9.32. The highest BCUT2D eigenvalue weighted by Gasteiger charge is 2.28. The summed E-state index contributed by atoms with van der Waals surface area (Å²) in [5.74, 6) is -0.540. The lowest BCUT2D eigenvalue weighted by atomic mass is 10.0. The molecule has 0 aliphatic rings. The standard InChI is InChI=1S/C33H27NO6/c1-20-17-18-27(38-3)26(19-20)34-32(36)30(23-13-8-5-9-14-23)40-33(37)25-16-10-15-24-28(35)21(2)29(39-31(24)25)22-11-6-4-7-12-22/h4-19,30H,1-3H3,(H,34,36)/t30-/m0/s1. The van der Waals surface area contributed by atoms with Crippen molar-refractivity contribution in [3.63, 3.8) is 0 Å². The van der Waals surface area contributed by atoms with Crippen LogP contribution < -0.4 is 15.5 Å². The fourth-order valence-corrected chi connectivity index (χ4v) is 4.52. The summed E-state index contributed by atoms with van der Waals surface area (Å²) in [5.41, 5.74) is 2.85. The molecule has 0 spiro atoms. The van der Waals surface area contributed by atoms with Crippen LogP contribution in [0.5, 0.6) is 5.75 Å². The minimum Gasteiger partial charge on any atom is -0.495 e. The summed E-state index contributed by atoms with van der Waals surface area (Å²) < 4.78 is 17.4. The molecule has 0 saturated heterocycles. The molecular weight excluding hydrogens is 506 g/mol. The molecular formula is C33H27NO6. The van der Waals surface area contributed by atoms with E-state index in [-0.39, 0.29) is 22.0 Å². The van der Waals surface area contributed by atoms with Crippen molar-refractivity contribution in [1.82, 2.24) is 0 Å². The van der Waals surface area contributed by atoms with Crippen LogP contribution in [0.3, 0.4) is 0 Å². The smallest absolute Gasteiger partial charge is 0.343 e. The van der Waals surface area contributed by atoms with Crippen LogP contribution in [0.1, 0.15) is 33.2 Å². The SMILES string of the molecule is COc1ccc(C)cc1NC(=O)[C@@H](OC(=O)c1cccc2c(=O)c(C)c(-c3ccccc3)oc12)c1ccccc1. The summed E-state index contributed by atoms with van der Waals surface area (Å²) in [7, 11) is 1.51. The maximum atomic E-state index is 13.6. The first-order chi connectivity index (χ1) is 19.4. The van der Waals surface area contributed by atoms with Crippen LogP contribution in [0.4, 0.5) is 5.69 Å². The van der Waals surface area contributed by atoms with Gasteiger partial charge in [0.1, 0.15) is 17.1 Å². The molecule has 0 aliphatic carbocycles. The molecule has 7 nitrogen and oxygen atoms in total. The van der Waals surface area contributed by atoms with Crippen molar-refractivity contribution >= 4 is 28.5 Å². The van der Waals surface area contributed by atoms with E-state index in [0.29, 0.717) is 33.9 Å². The van der Waals surface area contributed by atoms with Gasteiger partial charge in [-0.3, -0.25) is 9.59 Å². The van der Waals surface area contributed by atoms with Crippen LogP contribution in [0.15, 0.2) is 106 Å². The predicted octanol–water partition coefficient (Wildman–Crippen LogP) is 6.62. The molecule has 200 valence electrons. The number of ether oxygens (including phenoxy) is 2. The van der Waals surface area contributed by atoms with Gasteiger partial charge in [-0.25, -0.2) is 4.79 Å². The summed E-state index contributed by atoms with van der Waals surface area (Å²) >= 11 is 0. The Bertz CT molecular complexity index is 1760. The molecule has 0 aliphatic heterocycles. The first-order valence-electron chi connectivity index (χ1n) is 12.7. The monoisotopic (exact) mass is 533 g/mol. The quantitative estimate of drug-likeness (QED) is 0.236. The van der Waals surface area contributed by atoms with Gasteiger partial charge >= 0.3 is 5.97 Å². The molecule has 5 aromatic rings. The Morgan fingerprint density at radius 3 is 2.25 bits per heavy atom. The highest BCUT2D eigenvalue weighted by atomic mass is 16.5. The van der Waals surface area contributed by atoms with E-state index in [9.17, 15) is 14.4 Å². The highest BCUT2D eigenvalue weighted by Crippen LogP contribution is 2.31. The molecule has 1 aromatic heterocycles. The summed E-state index contributed by atoms with van der Waals surface area (Å²) in [5, 5.41) is 3.07. The second-order valence-electron chi connectivity index (χ2n) is 9.32. The van der Waals surface area contributed by atoms with E-state index >= 15 is 0 Å². The summed E-state index contributed by atoms with van der Waals surface area (Å²) in [6, 6.07) is 28.0. The van der Waals surface area contributed by atoms with Gasteiger partial charge < -0.3 is 19.2 Å². The van der Waals surface area contributed by atoms with Gasteiger partial charge in [-0.1, -0.05) is 72.8 Å². The maximum Gasteiger partial charge on any atom is 0.343 e. The third kappa shape index (κ3) is 5.22. The van der Waals surface area contributed by atoms with Crippen LogP contribution in [0.25, 0.3) is 22.3 Å². The topological polar surface area (TPSA) is 94.8 Å². The average molecular weight is 534 g/mol. The molecule has 0 radical (unpaired) electrons. The number of aryl methyl sites for hydroxylation is 1. The zero-order chi connectivity index (χ0) is 28.2. The number of rotatable bonds is 7. The lowest BCUT2D eigenvalue weighted by Crippen LogP contribution is -2.26. The summed E-state index contributed by atoms with van der Waals surface area (Å²) in [6.45, 7) is 3.58. The molecule has 1 N–H and O–H groups in total. The zero-order valence-electron chi connectivity index (χ0n) is 22.3. The number of anilines is 1. The van der Waals surface area contributed by atoms with Crippen molar-refractivity contribution in [2.75, 3.05) is 12.4 Å². The van der Waals surface area contributed by atoms with Gasteiger partial charge in [-0.05, 0) is 43.7 Å². The fraction of sp³-hybridized carbons (Fsp3) is 0.121. The van der Waals surface area contributed by atoms with E-state index in [2.05, 4.69) is 5.32 Å². The number of nitrogens with one attached hydrogen (secondary N) is 1. The van der Waals surface area contributed by atoms with E-state index in [4.69, 9.17) is 13.9 Å². The van der Waals surface area contributed by atoms with Crippen LogP contribution in [-0.4, -0.2) is 19.0 Å². The summed E-state index contributed by atoms with van der Waals surface area (Å²) in [6.07, 6.45) is -1.29. The molecule has 40 heavy (non-hydrogen) atoms. The van der Waals surface area contributed by atoms with Crippen molar-refractivity contribution in [2.24, 2.45) is 0 Å². The molecule has 1 heterocycles. The third-order valence-electron chi connectivity index (χ3n) is 6.58. The largest absolute Gasteiger partial charge is 0.495 e. The Morgan fingerprint density at radius 1 is 0.850 bits per heavy atom. The van der Waals surface area contributed by atoms with Gasteiger partial charge in [0.05, 0.1) is 18.2 Å². The Labute approximate surface area is 231 Å². The number of carbonyl (C=O) groups excluding carboxylic acids is 2. The van der Waals surface area contributed by atoms with Gasteiger partial charge in [-0.2, -0.15) is 0 Å². The number of methoxy groups -OCH3 is 1. The maximum absolute atomic E-state index is 13.6. The van der Waals surface area contributed by atoms with E-state index in [0.717, 1.165) is 5.56 Å². The number of benzene rings is 4. The van der Waals surface area contributed by atoms with Gasteiger partial charge in [0.15, 0.2) is 11.0 Å². The van der Waals surface area contributed by atoms with Crippen LogP contribution >= 0.6 is 0 Å². The molecule has 0 unspecified atom stereocenters. The van der Waals surface area contributed by atoms with E-state index < -0.39 is 18.0 Å². The number of carbonyl (C=O) groups is 2. The van der Waals surface area contributed by atoms with Crippen molar-refractivity contribution in [3.05, 3.63) is 130 Å². The molecule has 0 fully saturated rings. The number of fused-ring (bicyclic) bond motifs is 1. The molecule has 4 aromatic carbocycles. The highest BCUT2D eigenvalue weighted by molar-refractivity contribution is 6.04. The lowest BCUT2D eigenvalue weighted by Gasteiger charge is -2.19. The van der Waals surface area contributed by atoms with Crippen LogP contribution in [-0.2, 0) is 9.53 Å². The van der Waals surface area contributed by atoms with Gasteiger partial charge in [0.2, 0.25) is 6.10 Å². The van der Waals surface area contributed by atoms with Crippen molar-refractivity contribution in [2.45, 2.75) is 20.0 Å². The summed E-state index contributed by atoms with van der Waals surface area (Å²) in [4.78, 5) is 40.4. The number of amides is 1. The minimum absolute atomic E-state index is 0.0358. The molecule has 7 heteroatoms. The van der Waals surface area contributed by atoms with Crippen molar-refractivity contribution in [3.8, 4) is 17.1 Å². The van der Waals surface area contributed by atoms with E-state index in [1.165, 1.54) is 13.2 Å². The van der Waals surface area contributed by atoms with E-state index in [1.54, 1.807) is 61.5 Å². The van der Waals surface area contributed by atoms with Gasteiger partial charge in [0, 0.05) is 16.7 Å². The van der Waals surface area contributed by atoms with Crippen molar-refractivity contribution in [1.29, 1.82) is 0 Å². The lowest BCUT2D eigenvalue weighted by molar-refractivity contribution is -0.125. The zero-order valence-corrected chi connectivity index (χ0v) is 22.3. The Hall–Kier alpha value is -5.17. The average Bonchev–Trinajstić information content (AvgIpc) is 2.98. The number of hydrogen-bond acceptors (Lipinski definition) is 6. The fourth-order valence-electron chi connectivity index (χ4n) is 4.52. The first-order valence-corrected chi connectivity index (χ1v) is 12.7.